The molecule has 3 fully saturated rings. The summed E-state index contributed by atoms with van der Waals surface area (Å²) in [5, 5.41) is 0. The molecule has 1 aliphatic heterocycles. The molecule has 18 heavy (non-hydrogen) atoms. The van der Waals surface area contributed by atoms with Gasteiger partial charge >= 0.3 is 0 Å². The lowest BCUT2D eigenvalue weighted by Gasteiger charge is -2.45. The van der Waals surface area contributed by atoms with Crippen LogP contribution < -0.4 is 0 Å². The molecule has 2 aliphatic carbocycles. The summed E-state index contributed by atoms with van der Waals surface area (Å²) in [6.07, 6.45) is 0.0400. The quantitative estimate of drug-likeness (QED) is 0.745. The SMILES string of the molecule is CC1(CC(=O)N2C[C@@H]3[C@H](C2)C3(C)C)CC(F)(F)C1. The minimum Gasteiger partial charge on any atom is -0.342 e. The van der Waals surface area contributed by atoms with Crippen LogP contribution in [0.3, 0.4) is 0 Å². The average molecular weight is 257 g/mol. The van der Waals surface area contributed by atoms with Crippen molar-refractivity contribution in [3.8, 4) is 0 Å². The van der Waals surface area contributed by atoms with Crippen molar-refractivity contribution < 1.29 is 13.6 Å². The summed E-state index contributed by atoms with van der Waals surface area (Å²) in [5.41, 5.74) is -0.0763. The molecule has 4 heteroatoms. The Bertz CT molecular complexity index is 383. The van der Waals surface area contributed by atoms with Crippen molar-refractivity contribution >= 4 is 5.91 Å². The second-order valence-electron chi connectivity index (χ2n) is 7.53. The van der Waals surface area contributed by atoms with E-state index in [-0.39, 0.29) is 18.7 Å². The Kier molecular flexibility index (Phi) is 2.24. The van der Waals surface area contributed by atoms with Crippen LogP contribution >= 0.6 is 0 Å². The second-order valence-corrected chi connectivity index (χ2v) is 7.53. The van der Waals surface area contributed by atoms with E-state index in [0.29, 0.717) is 23.7 Å². The highest BCUT2D eigenvalue weighted by Crippen LogP contribution is 2.62. The van der Waals surface area contributed by atoms with Crippen LogP contribution in [0.1, 0.15) is 40.0 Å². The summed E-state index contributed by atoms with van der Waals surface area (Å²) in [6, 6.07) is 0. The molecule has 2 atom stereocenters. The highest BCUT2D eigenvalue weighted by Gasteiger charge is 2.63. The number of hydrogen-bond acceptors (Lipinski definition) is 1. The smallest absolute Gasteiger partial charge is 0.249 e. The summed E-state index contributed by atoms with van der Waals surface area (Å²) >= 11 is 0. The molecular weight excluding hydrogens is 236 g/mol. The van der Waals surface area contributed by atoms with Crippen LogP contribution in [0.4, 0.5) is 8.78 Å². The predicted octanol–water partition coefficient (Wildman–Crippen LogP) is 2.93. The number of likely N-dealkylation sites (tertiary alicyclic amines) is 1. The van der Waals surface area contributed by atoms with E-state index in [0.717, 1.165) is 13.1 Å². The fourth-order valence-electron chi connectivity index (χ4n) is 4.13. The lowest BCUT2D eigenvalue weighted by Crippen LogP contribution is -2.47. The molecule has 2 saturated carbocycles. The Morgan fingerprint density at radius 3 is 2.11 bits per heavy atom. The van der Waals surface area contributed by atoms with Gasteiger partial charge in [0.15, 0.2) is 0 Å². The van der Waals surface area contributed by atoms with E-state index in [1.54, 1.807) is 0 Å². The molecule has 0 spiro atoms. The molecule has 0 aromatic carbocycles. The van der Waals surface area contributed by atoms with Crippen LogP contribution in [0.25, 0.3) is 0 Å². The number of rotatable bonds is 2. The number of halogens is 2. The van der Waals surface area contributed by atoms with Crippen LogP contribution in [-0.4, -0.2) is 29.8 Å². The van der Waals surface area contributed by atoms with Gasteiger partial charge in [0.05, 0.1) is 0 Å². The molecule has 0 bridgehead atoms. The topological polar surface area (TPSA) is 20.3 Å². The number of piperidine rings is 1. The molecule has 1 amide bonds. The first-order chi connectivity index (χ1) is 8.13. The largest absolute Gasteiger partial charge is 0.342 e. The fourth-order valence-corrected chi connectivity index (χ4v) is 4.13. The number of alkyl halides is 2. The molecule has 0 unspecified atom stereocenters. The van der Waals surface area contributed by atoms with E-state index in [4.69, 9.17) is 0 Å². The maximum atomic E-state index is 12.9. The first-order valence-corrected chi connectivity index (χ1v) is 6.79. The van der Waals surface area contributed by atoms with E-state index in [1.807, 2.05) is 11.8 Å². The Labute approximate surface area is 107 Å². The predicted molar refractivity (Wildman–Crippen MR) is 64.2 cm³/mol. The lowest BCUT2D eigenvalue weighted by atomic mass is 9.65. The molecular formula is C14H21F2NO. The zero-order valence-electron chi connectivity index (χ0n) is 11.3. The number of carbonyl (C=O) groups is 1. The van der Waals surface area contributed by atoms with Crippen LogP contribution in [0.5, 0.6) is 0 Å². The maximum absolute atomic E-state index is 12.9. The molecule has 0 aromatic rings. The van der Waals surface area contributed by atoms with Gasteiger partial charge in [0.2, 0.25) is 11.8 Å². The third-order valence-corrected chi connectivity index (χ3v) is 5.42. The number of hydrogen-bond donors (Lipinski definition) is 0. The van der Waals surface area contributed by atoms with Crippen molar-refractivity contribution in [3.05, 3.63) is 0 Å². The highest BCUT2D eigenvalue weighted by atomic mass is 19.3. The Hall–Kier alpha value is -0.670. The number of fused-ring (bicyclic) bond motifs is 1. The molecule has 2 nitrogen and oxygen atoms in total. The standard InChI is InChI=1S/C14H21F2NO/c1-12(2)9-5-17(6-10(9)12)11(18)4-13(3)7-14(15,16)8-13/h9-10H,4-8H2,1-3H3/t9-,10+. The van der Waals surface area contributed by atoms with Gasteiger partial charge in [0.25, 0.3) is 0 Å². The first-order valence-electron chi connectivity index (χ1n) is 6.79. The van der Waals surface area contributed by atoms with Gasteiger partial charge in [-0.3, -0.25) is 4.79 Å². The normalized spacial score (nSPS) is 37.9. The van der Waals surface area contributed by atoms with Crippen molar-refractivity contribution in [1.29, 1.82) is 0 Å². The van der Waals surface area contributed by atoms with E-state index in [2.05, 4.69) is 13.8 Å². The van der Waals surface area contributed by atoms with Crippen LogP contribution in [0.15, 0.2) is 0 Å². The second kappa shape index (κ2) is 3.26. The van der Waals surface area contributed by atoms with Gasteiger partial charge in [-0.2, -0.15) is 0 Å². The lowest BCUT2D eigenvalue weighted by molar-refractivity contribution is -0.166. The minimum absolute atomic E-state index is 0.0796. The van der Waals surface area contributed by atoms with Crippen LogP contribution in [0.2, 0.25) is 0 Å². The molecule has 102 valence electrons. The summed E-state index contributed by atoms with van der Waals surface area (Å²) in [4.78, 5) is 14.0. The Balaban J connectivity index is 1.53. The number of carbonyl (C=O) groups excluding carboxylic acids is 1. The summed E-state index contributed by atoms with van der Waals surface area (Å²) in [5.74, 6) is -1.19. The van der Waals surface area contributed by atoms with Crippen molar-refractivity contribution in [3.63, 3.8) is 0 Å². The summed E-state index contributed by atoms with van der Waals surface area (Å²) in [7, 11) is 0. The van der Waals surface area contributed by atoms with E-state index in [9.17, 15) is 13.6 Å². The number of nitrogens with zero attached hydrogens (tertiary/aromatic N) is 1. The van der Waals surface area contributed by atoms with Crippen LogP contribution in [-0.2, 0) is 4.79 Å². The monoisotopic (exact) mass is 257 g/mol. The molecule has 3 aliphatic rings. The van der Waals surface area contributed by atoms with Crippen molar-refractivity contribution in [2.75, 3.05) is 13.1 Å². The van der Waals surface area contributed by atoms with Gasteiger partial charge in [0, 0.05) is 32.4 Å². The first kappa shape index (κ1) is 12.4. The van der Waals surface area contributed by atoms with Gasteiger partial charge in [0.1, 0.15) is 0 Å². The number of amides is 1. The van der Waals surface area contributed by atoms with Crippen LogP contribution in [0, 0.1) is 22.7 Å². The zero-order valence-corrected chi connectivity index (χ0v) is 11.3. The van der Waals surface area contributed by atoms with Gasteiger partial charge < -0.3 is 4.90 Å². The minimum atomic E-state index is -2.54. The Morgan fingerprint density at radius 1 is 1.17 bits per heavy atom. The third kappa shape index (κ3) is 1.76. The van der Waals surface area contributed by atoms with Gasteiger partial charge in [-0.15, -0.1) is 0 Å². The summed E-state index contributed by atoms with van der Waals surface area (Å²) in [6.45, 7) is 7.98. The average Bonchev–Trinajstić information content (AvgIpc) is 2.60. The van der Waals surface area contributed by atoms with E-state index in [1.165, 1.54) is 0 Å². The third-order valence-electron chi connectivity index (χ3n) is 5.42. The molecule has 1 heterocycles. The van der Waals surface area contributed by atoms with E-state index < -0.39 is 11.3 Å². The fraction of sp³-hybridized carbons (Fsp3) is 0.929. The van der Waals surface area contributed by atoms with E-state index >= 15 is 0 Å². The molecule has 1 saturated heterocycles. The Morgan fingerprint density at radius 2 is 1.67 bits per heavy atom. The van der Waals surface area contributed by atoms with Crippen molar-refractivity contribution in [2.45, 2.75) is 46.0 Å². The maximum Gasteiger partial charge on any atom is 0.249 e. The molecule has 0 radical (unpaired) electrons. The van der Waals surface area contributed by atoms with Gasteiger partial charge in [-0.1, -0.05) is 20.8 Å². The molecule has 0 aromatic heterocycles. The van der Waals surface area contributed by atoms with Crippen molar-refractivity contribution in [2.24, 2.45) is 22.7 Å². The highest BCUT2D eigenvalue weighted by molar-refractivity contribution is 5.77. The van der Waals surface area contributed by atoms with Crippen molar-refractivity contribution in [1.82, 2.24) is 4.90 Å². The van der Waals surface area contributed by atoms with Gasteiger partial charge in [-0.25, -0.2) is 8.78 Å². The molecule has 3 rings (SSSR count). The summed E-state index contributed by atoms with van der Waals surface area (Å²) < 4.78 is 25.8. The zero-order chi connectivity index (χ0) is 13.3. The molecule has 0 N–H and O–H groups in total. The van der Waals surface area contributed by atoms with Gasteiger partial charge in [-0.05, 0) is 22.7 Å².